The highest BCUT2D eigenvalue weighted by Crippen LogP contribution is 2.31. The van der Waals surface area contributed by atoms with Crippen LogP contribution < -0.4 is 5.32 Å². The van der Waals surface area contributed by atoms with Gasteiger partial charge in [0.15, 0.2) is 0 Å². The third-order valence-corrected chi connectivity index (χ3v) is 4.24. The third kappa shape index (κ3) is 4.10. The Kier molecular flexibility index (Phi) is 4.86. The van der Waals surface area contributed by atoms with Crippen LogP contribution in [0.2, 0.25) is 0 Å². The van der Waals surface area contributed by atoms with E-state index >= 15 is 0 Å². The number of nitrogens with zero attached hydrogens (tertiary/aromatic N) is 1. The Hall–Kier alpha value is -1.30. The number of urea groups is 1. The van der Waals surface area contributed by atoms with Gasteiger partial charge in [-0.1, -0.05) is 0 Å². The Balaban J connectivity index is 1.60. The topological polar surface area (TPSA) is 78.9 Å². The van der Waals surface area contributed by atoms with Crippen LogP contribution in [0.1, 0.15) is 32.6 Å². The molecule has 114 valence electrons. The summed E-state index contributed by atoms with van der Waals surface area (Å²) in [4.78, 5) is 24.7. The van der Waals surface area contributed by atoms with Crippen LogP contribution in [-0.2, 0) is 9.53 Å². The van der Waals surface area contributed by atoms with E-state index in [1.165, 1.54) is 12.8 Å². The summed E-state index contributed by atoms with van der Waals surface area (Å²) in [5, 5.41) is 12.0. The number of aliphatic carboxylic acids is 1. The van der Waals surface area contributed by atoms with Crippen LogP contribution in [0.3, 0.4) is 0 Å². The van der Waals surface area contributed by atoms with E-state index in [0.29, 0.717) is 39.1 Å². The summed E-state index contributed by atoms with van der Waals surface area (Å²) in [5.74, 6) is -0.0347. The number of carboxylic acids is 1. The molecule has 1 saturated carbocycles. The monoisotopic (exact) mass is 284 g/mol. The summed E-state index contributed by atoms with van der Waals surface area (Å²) in [5.41, 5.74) is -0.690. The molecular formula is C14H24N2O4. The zero-order valence-electron chi connectivity index (χ0n) is 12.1. The van der Waals surface area contributed by atoms with Crippen molar-refractivity contribution in [3.8, 4) is 0 Å². The number of nitrogens with one attached hydrogen (secondary N) is 1. The molecule has 2 N–H and O–H groups in total. The average molecular weight is 284 g/mol. The summed E-state index contributed by atoms with van der Waals surface area (Å²) >= 11 is 0. The second kappa shape index (κ2) is 6.43. The second-order valence-corrected chi connectivity index (χ2v) is 6.10. The zero-order chi connectivity index (χ0) is 14.6. The van der Waals surface area contributed by atoms with Crippen molar-refractivity contribution >= 4 is 12.0 Å². The fraction of sp³-hybridized carbons (Fsp3) is 0.857. The molecule has 6 heteroatoms. The number of ether oxygens (including phenoxy) is 1. The molecule has 6 nitrogen and oxygen atoms in total. The Bertz CT molecular complexity index is 360. The molecule has 0 unspecified atom stereocenters. The van der Waals surface area contributed by atoms with E-state index in [2.05, 4.69) is 5.32 Å². The molecule has 2 amide bonds. The van der Waals surface area contributed by atoms with Crippen molar-refractivity contribution in [2.45, 2.75) is 32.6 Å². The van der Waals surface area contributed by atoms with E-state index in [0.717, 1.165) is 12.5 Å². The quantitative estimate of drug-likeness (QED) is 0.721. The average Bonchev–Trinajstić information content (AvgIpc) is 3.23. The molecule has 1 aliphatic carbocycles. The Morgan fingerprint density at radius 2 is 2.00 bits per heavy atom. The maximum Gasteiger partial charge on any atom is 0.317 e. The number of piperidine rings is 1. The normalized spacial score (nSPS) is 21.6. The Labute approximate surface area is 119 Å². The molecule has 20 heavy (non-hydrogen) atoms. The van der Waals surface area contributed by atoms with Gasteiger partial charge in [-0.15, -0.1) is 0 Å². The van der Waals surface area contributed by atoms with E-state index in [1.54, 1.807) is 11.8 Å². The van der Waals surface area contributed by atoms with Crippen molar-refractivity contribution in [2.24, 2.45) is 11.3 Å². The number of hydrogen-bond donors (Lipinski definition) is 2. The second-order valence-electron chi connectivity index (χ2n) is 6.10. The van der Waals surface area contributed by atoms with Gasteiger partial charge in [-0.2, -0.15) is 0 Å². The van der Waals surface area contributed by atoms with Gasteiger partial charge >= 0.3 is 12.0 Å². The maximum absolute atomic E-state index is 11.9. The molecule has 0 bridgehead atoms. The molecule has 0 atom stereocenters. The van der Waals surface area contributed by atoms with E-state index in [-0.39, 0.29) is 6.03 Å². The summed E-state index contributed by atoms with van der Waals surface area (Å²) in [6, 6.07) is -0.118. The number of rotatable bonds is 6. The number of likely N-dealkylation sites (tertiary alicyclic amines) is 1. The molecule has 2 fully saturated rings. The smallest absolute Gasteiger partial charge is 0.317 e. The van der Waals surface area contributed by atoms with E-state index in [1.807, 2.05) is 0 Å². The van der Waals surface area contributed by atoms with Crippen LogP contribution in [0.5, 0.6) is 0 Å². The fourth-order valence-corrected chi connectivity index (χ4v) is 2.29. The van der Waals surface area contributed by atoms with Gasteiger partial charge in [0, 0.05) is 26.2 Å². The summed E-state index contributed by atoms with van der Waals surface area (Å²) in [6.07, 6.45) is 3.55. The minimum absolute atomic E-state index is 0.118. The van der Waals surface area contributed by atoms with Crippen molar-refractivity contribution in [3.63, 3.8) is 0 Å². The highest BCUT2D eigenvalue weighted by atomic mass is 16.5. The lowest BCUT2D eigenvalue weighted by molar-refractivity contribution is -0.150. The van der Waals surface area contributed by atoms with Gasteiger partial charge in [-0.25, -0.2) is 4.79 Å². The number of carbonyl (C=O) groups is 2. The first kappa shape index (κ1) is 15.1. The molecule has 1 saturated heterocycles. The van der Waals surface area contributed by atoms with Crippen molar-refractivity contribution in [2.75, 3.05) is 32.8 Å². The Morgan fingerprint density at radius 3 is 2.55 bits per heavy atom. The minimum atomic E-state index is -0.772. The summed E-state index contributed by atoms with van der Waals surface area (Å²) in [7, 11) is 0. The van der Waals surface area contributed by atoms with E-state index < -0.39 is 11.4 Å². The fourth-order valence-electron chi connectivity index (χ4n) is 2.29. The summed E-state index contributed by atoms with van der Waals surface area (Å²) < 4.78 is 5.45. The number of carbonyl (C=O) groups excluding carboxylic acids is 1. The molecule has 0 radical (unpaired) electrons. The highest BCUT2D eigenvalue weighted by Gasteiger charge is 2.37. The number of hydrogen-bond acceptors (Lipinski definition) is 3. The lowest BCUT2D eigenvalue weighted by Crippen LogP contribution is -2.49. The molecule has 1 heterocycles. The van der Waals surface area contributed by atoms with Crippen molar-refractivity contribution in [3.05, 3.63) is 0 Å². The maximum atomic E-state index is 11.9. The number of amides is 2. The first-order valence-corrected chi connectivity index (χ1v) is 7.35. The first-order chi connectivity index (χ1) is 9.51. The molecule has 0 spiro atoms. The highest BCUT2D eigenvalue weighted by molar-refractivity contribution is 5.76. The molecule has 2 aliphatic rings. The SMILES string of the molecule is CC1(C(=O)O)CCN(C(=O)NCCOCC2CC2)CC1. The van der Waals surface area contributed by atoms with Crippen LogP contribution in [0.4, 0.5) is 4.79 Å². The van der Waals surface area contributed by atoms with Crippen LogP contribution in [0.25, 0.3) is 0 Å². The van der Waals surface area contributed by atoms with Crippen LogP contribution in [0, 0.1) is 11.3 Å². The molecule has 0 aromatic heterocycles. The summed E-state index contributed by atoms with van der Waals surface area (Å²) in [6.45, 7) is 4.60. The standard InChI is InChI=1S/C14H24N2O4/c1-14(12(17)18)4-7-16(8-5-14)13(19)15-6-9-20-10-11-2-3-11/h11H,2-10H2,1H3,(H,15,19)(H,17,18). The van der Waals surface area contributed by atoms with Gasteiger partial charge in [0.05, 0.1) is 12.0 Å². The van der Waals surface area contributed by atoms with Gasteiger partial charge < -0.3 is 20.1 Å². The molecule has 1 aliphatic heterocycles. The van der Waals surface area contributed by atoms with Crippen molar-refractivity contribution in [1.29, 1.82) is 0 Å². The third-order valence-electron chi connectivity index (χ3n) is 4.24. The zero-order valence-corrected chi connectivity index (χ0v) is 12.1. The van der Waals surface area contributed by atoms with E-state index in [9.17, 15) is 9.59 Å². The van der Waals surface area contributed by atoms with Gasteiger partial charge in [0.1, 0.15) is 0 Å². The lowest BCUT2D eigenvalue weighted by Gasteiger charge is -2.36. The first-order valence-electron chi connectivity index (χ1n) is 7.35. The predicted octanol–water partition coefficient (Wildman–Crippen LogP) is 1.31. The molecule has 0 aromatic carbocycles. The van der Waals surface area contributed by atoms with Gasteiger partial charge in [0.2, 0.25) is 0 Å². The lowest BCUT2D eigenvalue weighted by atomic mass is 9.80. The largest absolute Gasteiger partial charge is 0.481 e. The van der Waals surface area contributed by atoms with Gasteiger partial charge in [-0.05, 0) is 38.5 Å². The predicted molar refractivity (Wildman–Crippen MR) is 73.5 cm³/mol. The number of carboxylic acid groups (broad SMARTS) is 1. The van der Waals surface area contributed by atoms with Gasteiger partial charge in [0.25, 0.3) is 0 Å². The molecule has 2 rings (SSSR count). The van der Waals surface area contributed by atoms with Crippen LogP contribution >= 0.6 is 0 Å². The van der Waals surface area contributed by atoms with Crippen LogP contribution in [-0.4, -0.2) is 54.9 Å². The molecule has 0 aromatic rings. The van der Waals surface area contributed by atoms with Crippen molar-refractivity contribution < 1.29 is 19.4 Å². The van der Waals surface area contributed by atoms with Crippen molar-refractivity contribution in [1.82, 2.24) is 10.2 Å². The van der Waals surface area contributed by atoms with E-state index in [4.69, 9.17) is 9.84 Å². The minimum Gasteiger partial charge on any atom is -0.481 e. The molecular weight excluding hydrogens is 260 g/mol. The van der Waals surface area contributed by atoms with Gasteiger partial charge in [-0.3, -0.25) is 4.79 Å². The Morgan fingerprint density at radius 1 is 1.35 bits per heavy atom. The van der Waals surface area contributed by atoms with Crippen LogP contribution in [0.15, 0.2) is 0 Å².